The van der Waals surface area contributed by atoms with E-state index in [0.29, 0.717) is 11.3 Å². The van der Waals surface area contributed by atoms with Gasteiger partial charge in [0.1, 0.15) is 5.60 Å². The molecule has 0 radical (unpaired) electrons. The third-order valence-corrected chi connectivity index (χ3v) is 2.19. The summed E-state index contributed by atoms with van der Waals surface area (Å²) >= 11 is 5.47. The van der Waals surface area contributed by atoms with Crippen molar-refractivity contribution in [1.82, 2.24) is 0 Å². The Morgan fingerprint density at radius 1 is 1.33 bits per heavy atom. The summed E-state index contributed by atoms with van der Waals surface area (Å²) in [4.78, 5) is 22.9. The fraction of sp³-hybridized carbons (Fsp3) is 0.385. The number of carbonyl (C=O) groups is 2. The average Bonchev–Trinajstić information content (AvgIpc) is 2.25. The number of carbonyl (C=O) groups excluding carboxylic acids is 2. The SMILES string of the molecule is CC(C)(C)OC(=O)Nc1cccc(C(=O)CCl)c1. The van der Waals surface area contributed by atoms with Gasteiger partial charge < -0.3 is 4.74 Å². The first-order valence-corrected chi connectivity index (χ1v) is 6.04. The van der Waals surface area contributed by atoms with Crippen LogP contribution >= 0.6 is 11.6 Å². The standard InChI is InChI=1S/C13H16ClNO3/c1-13(2,3)18-12(17)15-10-6-4-5-9(7-10)11(16)8-14/h4-7H,8H2,1-3H3,(H,15,17). The van der Waals surface area contributed by atoms with Gasteiger partial charge in [-0.05, 0) is 32.9 Å². The molecule has 1 N–H and O–H groups in total. The molecule has 0 saturated heterocycles. The van der Waals surface area contributed by atoms with Crippen molar-refractivity contribution in [2.75, 3.05) is 11.2 Å². The lowest BCUT2D eigenvalue weighted by molar-refractivity contribution is 0.0635. The monoisotopic (exact) mass is 269 g/mol. The maximum Gasteiger partial charge on any atom is 0.412 e. The molecule has 1 rings (SSSR count). The predicted molar refractivity (Wildman–Crippen MR) is 71.3 cm³/mol. The van der Waals surface area contributed by atoms with Crippen LogP contribution in [0.1, 0.15) is 31.1 Å². The van der Waals surface area contributed by atoms with Crippen LogP contribution < -0.4 is 5.32 Å². The van der Waals surface area contributed by atoms with Crippen molar-refractivity contribution in [3.8, 4) is 0 Å². The minimum Gasteiger partial charge on any atom is -0.444 e. The van der Waals surface area contributed by atoms with Gasteiger partial charge in [0.25, 0.3) is 0 Å². The Kier molecular flexibility index (Phi) is 4.73. The molecule has 0 fully saturated rings. The lowest BCUT2D eigenvalue weighted by atomic mass is 10.1. The van der Waals surface area contributed by atoms with Crippen molar-refractivity contribution < 1.29 is 14.3 Å². The first-order chi connectivity index (χ1) is 8.31. The van der Waals surface area contributed by atoms with Crippen LogP contribution in [-0.2, 0) is 4.74 Å². The van der Waals surface area contributed by atoms with Crippen molar-refractivity contribution in [3.63, 3.8) is 0 Å². The van der Waals surface area contributed by atoms with Gasteiger partial charge in [0.05, 0.1) is 5.88 Å². The van der Waals surface area contributed by atoms with E-state index in [-0.39, 0.29) is 11.7 Å². The number of ketones is 1. The summed E-state index contributed by atoms with van der Waals surface area (Å²) in [6, 6.07) is 6.56. The number of ether oxygens (including phenoxy) is 1. The molecule has 0 heterocycles. The van der Waals surface area contributed by atoms with Gasteiger partial charge in [-0.15, -0.1) is 11.6 Å². The molecule has 5 heteroatoms. The van der Waals surface area contributed by atoms with Crippen LogP contribution in [0.25, 0.3) is 0 Å². The molecule has 0 aliphatic rings. The van der Waals surface area contributed by atoms with E-state index < -0.39 is 11.7 Å². The minimum absolute atomic E-state index is 0.0874. The van der Waals surface area contributed by atoms with Crippen LogP contribution in [0.3, 0.4) is 0 Å². The van der Waals surface area contributed by atoms with Gasteiger partial charge in [-0.2, -0.15) is 0 Å². The van der Waals surface area contributed by atoms with Crippen molar-refractivity contribution in [1.29, 1.82) is 0 Å². The zero-order chi connectivity index (χ0) is 13.8. The second-order valence-electron chi connectivity index (χ2n) is 4.76. The highest BCUT2D eigenvalue weighted by Gasteiger charge is 2.16. The van der Waals surface area contributed by atoms with Crippen LogP contribution in [-0.4, -0.2) is 23.4 Å². The highest BCUT2D eigenvalue weighted by molar-refractivity contribution is 6.30. The number of Topliss-reactive ketones (excluding diaryl/α,β-unsaturated/α-hetero) is 1. The molecule has 0 spiro atoms. The molecular weight excluding hydrogens is 254 g/mol. The summed E-state index contributed by atoms with van der Waals surface area (Å²) in [5.41, 5.74) is 0.395. The number of amides is 1. The lowest BCUT2D eigenvalue weighted by Gasteiger charge is -2.19. The molecule has 0 aromatic heterocycles. The Bertz CT molecular complexity index is 452. The van der Waals surface area contributed by atoms with E-state index >= 15 is 0 Å². The third kappa shape index (κ3) is 4.75. The van der Waals surface area contributed by atoms with Crippen LogP contribution in [0, 0.1) is 0 Å². The van der Waals surface area contributed by atoms with Gasteiger partial charge in [0.2, 0.25) is 0 Å². The predicted octanol–water partition coefficient (Wildman–Crippen LogP) is 3.46. The molecule has 98 valence electrons. The molecular formula is C13H16ClNO3. The number of benzene rings is 1. The van der Waals surface area contributed by atoms with Crippen molar-refractivity contribution in [2.24, 2.45) is 0 Å². The van der Waals surface area contributed by atoms with E-state index in [0.717, 1.165) is 0 Å². The zero-order valence-corrected chi connectivity index (χ0v) is 11.4. The van der Waals surface area contributed by atoms with Gasteiger partial charge in [-0.1, -0.05) is 12.1 Å². The fourth-order valence-corrected chi connectivity index (χ4v) is 1.42. The maximum atomic E-state index is 11.5. The second kappa shape index (κ2) is 5.87. The molecule has 1 aromatic carbocycles. The molecule has 4 nitrogen and oxygen atoms in total. The summed E-state index contributed by atoms with van der Waals surface area (Å²) in [5, 5.41) is 2.56. The smallest absolute Gasteiger partial charge is 0.412 e. The molecule has 1 amide bonds. The van der Waals surface area contributed by atoms with Crippen molar-refractivity contribution in [3.05, 3.63) is 29.8 Å². The van der Waals surface area contributed by atoms with Gasteiger partial charge in [-0.3, -0.25) is 10.1 Å². The summed E-state index contributed by atoms with van der Waals surface area (Å²) in [5.74, 6) is -0.278. The summed E-state index contributed by atoms with van der Waals surface area (Å²) in [7, 11) is 0. The highest BCUT2D eigenvalue weighted by atomic mass is 35.5. The highest BCUT2D eigenvalue weighted by Crippen LogP contribution is 2.14. The quantitative estimate of drug-likeness (QED) is 0.675. The number of rotatable bonds is 3. The largest absolute Gasteiger partial charge is 0.444 e. The fourth-order valence-electron chi connectivity index (χ4n) is 1.27. The number of anilines is 1. The van der Waals surface area contributed by atoms with E-state index in [1.807, 2.05) is 0 Å². The first kappa shape index (κ1) is 14.5. The Morgan fingerprint density at radius 3 is 2.56 bits per heavy atom. The van der Waals surface area contributed by atoms with E-state index in [9.17, 15) is 9.59 Å². The molecule has 0 bridgehead atoms. The molecule has 1 aromatic rings. The summed E-state index contributed by atoms with van der Waals surface area (Å²) < 4.78 is 5.11. The van der Waals surface area contributed by atoms with E-state index in [2.05, 4.69) is 5.32 Å². The van der Waals surface area contributed by atoms with Crippen LogP contribution in [0.5, 0.6) is 0 Å². The Hall–Kier alpha value is -1.55. The van der Waals surface area contributed by atoms with Crippen molar-refractivity contribution >= 4 is 29.2 Å². The van der Waals surface area contributed by atoms with E-state index in [1.54, 1.807) is 45.0 Å². The van der Waals surface area contributed by atoms with E-state index in [4.69, 9.17) is 16.3 Å². The minimum atomic E-state index is -0.562. The zero-order valence-electron chi connectivity index (χ0n) is 10.6. The molecule has 0 aliphatic carbocycles. The Morgan fingerprint density at radius 2 is 2.00 bits per heavy atom. The van der Waals surface area contributed by atoms with Crippen LogP contribution in [0.2, 0.25) is 0 Å². The Labute approximate surface area is 111 Å². The summed E-state index contributed by atoms with van der Waals surface area (Å²) in [6.45, 7) is 5.33. The van der Waals surface area contributed by atoms with Gasteiger partial charge in [0.15, 0.2) is 5.78 Å². The first-order valence-electron chi connectivity index (χ1n) is 5.51. The second-order valence-corrected chi connectivity index (χ2v) is 5.03. The third-order valence-electron chi connectivity index (χ3n) is 1.95. The molecule has 0 atom stereocenters. The van der Waals surface area contributed by atoms with Gasteiger partial charge >= 0.3 is 6.09 Å². The van der Waals surface area contributed by atoms with Gasteiger partial charge in [0, 0.05) is 11.3 Å². The van der Waals surface area contributed by atoms with Gasteiger partial charge in [-0.25, -0.2) is 4.79 Å². The molecule has 0 unspecified atom stereocenters. The maximum absolute atomic E-state index is 11.5. The number of alkyl halides is 1. The lowest BCUT2D eigenvalue weighted by Crippen LogP contribution is -2.27. The van der Waals surface area contributed by atoms with Crippen molar-refractivity contribution in [2.45, 2.75) is 26.4 Å². The number of halogens is 1. The summed E-state index contributed by atoms with van der Waals surface area (Å²) in [6.07, 6.45) is -0.557. The van der Waals surface area contributed by atoms with Crippen LogP contribution in [0.15, 0.2) is 24.3 Å². The molecule has 18 heavy (non-hydrogen) atoms. The normalized spacial score (nSPS) is 10.9. The van der Waals surface area contributed by atoms with E-state index in [1.165, 1.54) is 0 Å². The number of hydrogen-bond acceptors (Lipinski definition) is 3. The van der Waals surface area contributed by atoms with Crippen LogP contribution in [0.4, 0.5) is 10.5 Å². The number of nitrogens with one attached hydrogen (secondary N) is 1. The molecule has 0 aliphatic heterocycles. The average molecular weight is 270 g/mol. The topological polar surface area (TPSA) is 55.4 Å². The Balaban J connectivity index is 2.74. The molecule has 0 saturated carbocycles. The number of hydrogen-bond donors (Lipinski definition) is 1.